The van der Waals surface area contributed by atoms with Gasteiger partial charge in [0.1, 0.15) is 0 Å². The summed E-state index contributed by atoms with van der Waals surface area (Å²) in [6.07, 6.45) is -0.158. The van der Waals surface area contributed by atoms with Gasteiger partial charge in [0.2, 0.25) is 11.8 Å². The number of rotatable bonds is 4. The van der Waals surface area contributed by atoms with Crippen molar-refractivity contribution < 1.29 is 32.7 Å². The number of alkyl halides is 3. The number of carbonyl (C=O) groups excluding carboxylic acids is 2. The first-order chi connectivity index (χ1) is 14.4. The van der Waals surface area contributed by atoms with E-state index in [9.17, 15) is 22.8 Å². The molecule has 0 radical (unpaired) electrons. The Morgan fingerprint density at radius 1 is 1.23 bits per heavy atom. The minimum absolute atomic E-state index is 0.00289. The fourth-order valence-corrected chi connectivity index (χ4v) is 3.98. The fourth-order valence-electron chi connectivity index (χ4n) is 3.98. The third-order valence-electron chi connectivity index (χ3n) is 5.76. The van der Waals surface area contributed by atoms with E-state index in [1.54, 1.807) is 23.9 Å². The van der Waals surface area contributed by atoms with Crippen LogP contribution in [0.1, 0.15) is 25.0 Å². The maximum absolute atomic E-state index is 13.0. The molecule has 3 heterocycles. The standard InChI is InChI=1S/C18H28N4O2.C2HF3O2/c1-19(2)16(23)13-22-11-8-18(17(22)24)7-5-10-21(14-18)12-15-6-4-9-20(15)3;3-2(4,5)1(6)7/h4,6,9H,5,7-8,10-14H2,1-3H3;(H,6,7). The lowest BCUT2D eigenvalue weighted by molar-refractivity contribution is -0.192. The number of halogens is 3. The average molecular weight is 446 g/mol. The molecule has 31 heavy (non-hydrogen) atoms. The second-order valence-electron chi connectivity index (χ2n) is 8.27. The van der Waals surface area contributed by atoms with Gasteiger partial charge in [0.15, 0.2) is 0 Å². The van der Waals surface area contributed by atoms with Gasteiger partial charge in [-0.1, -0.05) is 0 Å². The van der Waals surface area contributed by atoms with Gasteiger partial charge in [-0.05, 0) is 37.9 Å². The number of piperidine rings is 1. The molecule has 1 aromatic heterocycles. The SMILES string of the molecule is CN(C)C(=O)CN1CCC2(CCCN(Cc3cccn3C)C2)C1=O.O=C(O)C(F)(F)F. The number of carbonyl (C=O) groups is 3. The number of carboxylic acids is 1. The summed E-state index contributed by atoms with van der Waals surface area (Å²) in [6, 6.07) is 4.20. The molecule has 1 aromatic rings. The Hall–Kier alpha value is -2.56. The number of amides is 2. The van der Waals surface area contributed by atoms with Crippen molar-refractivity contribution in [3.8, 4) is 0 Å². The van der Waals surface area contributed by atoms with Crippen LogP contribution in [-0.4, -0.2) is 88.6 Å². The first-order valence-corrected chi connectivity index (χ1v) is 9.98. The molecule has 2 aliphatic heterocycles. The molecule has 11 heteroatoms. The molecule has 0 aliphatic carbocycles. The van der Waals surface area contributed by atoms with Crippen LogP contribution >= 0.6 is 0 Å². The van der Waals surface area contributed by atoms with E-state index in [0.29, 0.717) is 6.54 Å². The number of aromatic nitrogens is 1. The van der Waals surface area contributed by atoms with Gasteiger partial charge in [-0.2, -0.15) is 13.2 Å². The second kappa shape index (κ2) is 9.71. The smallest absolute Gasteiger partial charge is 0.475 e. The van der Waals surface area contributed by atoms with Crippen molar-refractivity contribution in [1.29, 1.82) is 0 Å². The summed E-state index contributed by atoms with van der Waals surface area (Å²) in [5.74, 6) is -2.58. The number of carboxylic acid groups (broad SMARTS) is 1. The largest absolute Gasteiger partial charge is 0.490 e. The molecule has 3 rings (SSSR count). The molecule has 8 nitrogen and oxygen atoms in total. The van der Waals surface area contributed by atoms with Crippen molar-refractivity contribution in [2.24, 2.45) is 12.5 Å². The summed E-state index contributed by atoms with van der Waals surface area (Å²) in [6.45, 7) is 3.65. The number of nitrogens with zero attached hydrogens (tertiary/aromatic N) is 4. The minimum Gasteiger partial charge on any atom is -0.475 e. The summed E-state index contributed by atoms with van der Waals surface area (Å²) in [5, 5.41) is 7.12. The van der Waals surface area contributed by atoms with Gasteiger partial charge < -0.3 is 19.5 Å². The molecule has 1 spiro atoms. The molecule has 2 aliphatic rings. The van der Waals surface area contributed by atoms with Crippen molar-refractivity contribution in [1.82, 2.24) is 19.3 Å². The highest BCUT2D eigenvalue weighted by molar-refractivity contribution is 5.89. The third kappa shape index (κ3) is 6.22. The number of aliphatic carboxylic acids is 1. The van der Waals surface area contributed by atoms with Gasteiger partial charge in [-0.15, -0.1) is 0 Å². The van der Waals surface area contributed by atoms with Crippen LogP contribution in [0.5, 0.6) is 0 Å². The highest BCUT2D eigenvalue weighted by atomic mass is 19.4. The van der Waals surface area contributed by atoms with Gasteiger partial charge in [0.25, 0.3) is 0 Å². The summed E-state index contributed by atoms with van der Waals surface area (Å²) in [5.41, 5.74) is 0.993. The van der Waals surface area contributed by atoms with Crippen molar-refractivity contribution in [3.63, 3.8) is 0 Å². The number of hydrogen-bond donors (Lipinski definition) is 1. The molecule has 2 fully saturated rings. The zero-order valence-corrected chi connectivity index (χ0v) is 18.0. The Labute approximate surface area is 179 Å². The Morgan fingerprint density at radius 3 is 2.39 bits per heavy atom. The maximum atomic E-state index is 13.0. The monoisotopic (exact) mass is 446 g/mol. The van der Waals surface area contributed by atoms with E-state index in [4.69, 9.17) is 9.90 Å². The van der Waals surface area contributed by atoms with E-state index >= 15 is 0 Å². The Morgan fingerprint density at radius 2 is 1.87 bits per heavy atom. The van der Waals surface area contributed by atoms with Crippen LogP contribution < -0.4 is 0 Å². The van der Waals surface area contributed by atoms with Crippen molar-refractivity contribution in [3.05, 3.63) is 24.0 Å². The number of likely N-dealkylation sites (tertiary alicyclic amines) is 2. The Balaban J connectivity index is 0.000000423. The lowest BCUT2D eigenvalue weighted by Gasteiger charge is -2.39. The third-order valence-corrected chi connectivity index (χ3v) is 5.76. The van der Waals surface area contributed by atoms with Crippen molar-refractivity contribution >= 4 is 17.8 Å². The van der Waals surface area contributed by atoms with Crippen LogP contribution in [0.4, 0.5) is 13.2 Å². The molecule has 0 saturated carbocycles. The zero-order valence-electron chi connectivity index (χ0n) is 18.0. The predicted octanol–water partition coefficient (Wildman–Crippen LogP) is 1.56. The molecule has 2 amide bonds. The van der Waals surface area contributed by atoms with E-state index in [1.165, 1.54) is 5.69 Å². The van der Waals surface area contributed by atoms with Gasteiger partial charge in [-0.25, -0.2) is 4.79 Å². The van der Waals surface area contributed by atoms with Crippen molar-refractivity contribution in [2.75, 3.05) is 40.3 Å². The van der Waals surface area contributed by atoms with Gasteiger partial charge >= 0.3 is 12.1 Å². The molecule has 1 atom stereocenters. The molecular weight excluding hydrogens is 417 g/mol. The topological polar surface area (TPSA) is 86.1 Å². The van der Waals surface area contributed by atoms with Crippen molar-refractivity contribution in [2.45, 2.75) is 32.0 Å². The molecular formula is C20H29F3N4O4. The average Bonchev–Trinajstić information content (AvgIpc) is 3.20. The number of hydrogen-bond acceptors (Lipinski definition) is 4. The molecule has 0 bridgehead atoms. The minimum atomic E-state index is -5.08. The first-order valence-electron chi connectivity index (χ1n) is 9.98. The van der Waals surface area contributed by atoms with E-state index in [2.05, 4.69) is 34.8 Å². The van der Waals surface area contributed by atoms with Crippen LogP contribution in [0.25, 0.3) is 0 Å². The molecule has 1 unspecified atom stereocenters. The highest BCUT2D eigenvalue weighted by Gasteiger charge is 2.49. The number of aryl methyl sites for hydroxylation is 1. The maximum Gasteiger partial charge on any atom is 0.490 e. The summed E-state index contributed by atoms with van der Waals surface area (Å²) >= 11 is 0. The van der Waals surface area contributed by atoms with E-state index < -0.39 is 12.1 Å². The normalized spacial score (nSPS) is 21.7. The Kier molecular flexibility index (Phi) is 7.74. The van der Waals surface area contributed by atoms with E-state index in [-0.39, 0.29) is 23.8 Å². The summed E-state index contributed by atoms with van der Waals surface area (Å²) in [7, 11) is 5.53. The van der Waals surface area contributed by atoms with Gasteiger partial charge in [-0.3, -0.25) is 14.5 Å². The van der Waals surface area contributed by atoms with Gasteiger partial charge in [0, 0.05) is 52.7 Å². The van der Waals surface area contributed by atoms with Crippen LogP contribution in [0, 0.1) is 5.41 Å². The molecule has 0 aromatic carbocycles. The lowest BCUT2D eigenvalue weighted by Crippen LogP contribution is -2.48. The molecule has 1 N–H and O–H groups in total. The van der Waals surface area contributed by atoms with Gasteiger partial charge in [0.05, 0.1) is 12.0 Å². The lowest BCUT2D eigenvalue weighted by atomic mass is 9.78. The fraction of sp³-hybridized carbons (Fsp3) is 0.650. The van der Waals surface area contributed by atoms with E-state index in [0.717, 1.165) is 38.9 Å². The second-order valence-corrected chi connectivity index (χ2v) is 8.27. The highest BCUT2D eigenvalue weighted by Crippen LogP contribution is 2.40. The summed E-state index contributed by atoms with van der Waals surface area (Å²) in [4.78, 5) is 39.5. The predicted molar refractivity (Wildman–Crippen MR) is 106 cm³/mol. The summed E-state index contributed by atoms with van der Waals surface area (Å²) < 4.78 is 33.9. The number of likely N-dealkylation sites (N-methyl/N-ethyl adjacent to an activating group) is 1. The van der Waals surface area contributed by atoms with Crippen LogP contribution in [0.3, 0.4) is 0 Å². The molecule has 174 valence electrons. The Bertz CT molecular complexity index is 809. The van der Waals surface area contributed by atoms with Crippen LogP contribution in [-0.2, 0) is 28.0 Å². The quantitative estimate of drug-likeness (QED) is 0.759. The molecule has 2 saturated heterocycles. The van der Waals surface area contributed by atoms with E-state index in [1.807, 2.05) is 0 Å². The van der Waals surface area contributed by atoms with Crippen LogP contribution in [0.15, 0.2) is 18.3 Å². The van der Waals surface area contributed by atoms with Crippen LogP contribution in [0.2, 0.25) is 0 Å². The first kappa shape index (κ1) is 24.7. The zero-order chi connectivity index (χ0) is 23.4.